The molecule has 1 saturated carbocycles. The third-order valence-corrected chi connectivity index (χ3v) is 3.37. The summed E-state index contributed by atoms with van der Waals surface area (Å²) >= 11 is 0. The average Bonchev–Trinajstić information content (AvgIpc) is 2.84. The minimum absolute atomic E-state index is 0.0766. The van der Waals surface area contributed by atoms with E-state index in [2.05, 4.69) is 0 Å². The standard InChI is InChI=1S/C11H8O2/c12-8-3-4-9(13)11-6-2-1-5-10(8,11)7-11/h1-6H,7H2. The Bertz CT molecular complexity index is 376. The van der Waals surface area contributed by atoms with Gasteiger partial charge in [0.1, 0.15) is 0 Å². The van der Waals surface area contributed by atoms with Gasteiger partial charge in [-0.25, -0.2) is 0 Å². The number of hydrogen-bond donors (Lipinski definition) is 0. The Balaban J connectivity index is 2.25. The van der Waals surface area contributed by atoms with Crippen molar-refractivity contribution >= 4 is 11.6 Å². The van der Waals surface area contributed by atoms with Crippen molar-refractivity contribution in [2.75, 3.05) is 0 Å². The number of allylic oxidation sites excluding steroid dienone is 6. The van der Waals surface area contributed by atoms with Gasteiger partial charge in [0.15, 0.2) is 11.6 Å². The van der Waals surface area contributed by atoms with E-state index in [1.54, 1.807) is 0 Å². The van der Waals surface area contributed by atoms with E-state index in [9.17, 15) is 9.59 Å². The lowest BCUT2D eigenvalue weighted by molar-refractivity contribution is -0.126. The van der Waals surface area contributed by atoms with Crippen LogP contribution in [0.5, 0.6) is 0 Å². The van der Waals surface area contributed by atoms with Gasteiger partial charge in [-0.3, -0.25) is 9.59 Å². The lowest BCUT2D eigenvalue weighted by atomic mass is 9.79. The molecule has 0 radical (unpaired) electrons. The first-order chi connectivity index (χ1) is 6.21. The van der Waals surface area contributed by atoms with Crippen LogP contribution in [0.2, 0.25) is 0 Å². The molecule has 2 unspecified atom stereocenters. The Morgan fingerprint density at radius 1 is 0.923 bits per heavy atom. The molecule has 64 valence electrons. The maximum Gasteiger partial charge on any atom is 0.167 e. The molecule has 0 N–H and O–H groups in total. The summed E-state index contributed by atoms with van der Waals surface area (Å²) in [5, 5.41) is 0. The van der Waals surface area contributed by atoms with Gasteiger partial charge >= 0.3 is 0 Å². The zero-order chi connectivity index (χ0) is 9.10. The van der Waals surface area contributed by atoms with Crippen molar-refractivity contribution in [2.45, 2.75) is 6.42 Å². The lowest BCUT2D eigenvalue weighted by Gasteiger charge is -2.21. The van der Waals surface area contributed by atoms with E-state index in [0.717, 1.165) is 0 Å². The van der Waals surface area contributed by atoms with Gasteiger partial charge < -0.3 is 0 Å². The van der Waals surface area contributed by atoms with E-state index < -0.39 is 10.8 Å². The topological polar surface area (TPSA) is 34.1 Å². The first kappa shape index (κ1) is 7.01. The highest BCUT2D eigenvalue weighted by Gasteiger charge is 2.73. The average molecular weight is 172 g/mol. The molecule has 0 aromatic carbocycles. The summed E-state index contributed by atoms with van der Waals surface area (Å²) in [4.78, 5) is 23.2. The van der Waals surface area contributed by atoms with Gasteiger partial charge in [0, 0.05) is 0 Å². The summed E-state index contributed by atoms with van der Waals surface area (Å²) in [6.07, 6.45) is 10.9. The van der Waals surface area contributed by atoms with E-state index in [1.807, 2.05) is 24.3 Å². The molecule has 0 spiro atoms. The first-order valence-corrected chi connectivity index (χ1v) is 4.35. The van der Waals surface area contributed by atoms with Crippen molar-refractivity contribution in [2.24, 2.45) is 10.8 Å². The molecule has 2 heteroatoms. The van der Waals surface area contributed by atoms with Crippen LogP contribution < -0.4 is 0 Å². The molecule has 0 aromatic heterocycles. The summed E-state index contributed by atoms with van der Waals surface area (Å²) in [6, 6.07) is 0. The monoisotopic (exact) mass is 172 g/mol. The van der Waals surface area contributed by atoms with E-state index in [1.165, 1.54) is 12.2 Å². The van der Waals surface area contributed by atoms with E-state index >= 15 is 0 Å². The summed E-state index contributed by atoms with van der Waals surface area (Å²) in [5.41, 5.74) is -0.985. The van der Waals surface area contributed by atoms with Crippen molar-refractivity contribution in [1.29, 1.82) is 0 Å². The second-order valence-corrected chi connectivity index (χ2v) is 3.90. The van der Waals surface area contributed by atoms with Gasteiger partial charge in [-0.05, 0) is 18.6 Å². The normalized spacial score (nSPS) is 44.6. The molecule has 2 atom stereocenters. The predicted octanol–water partition coefficient (Wildman–Crippen LogP) is 1.20. The number of carbonyl (C=O) groups excluding carboxylic acids is 2. The highest BCUT2D eigenvalue weighted by molar-refractivity contribution is 6.17. The zero-order valence-corrected chi connectivity index (χ0v) is 6.99. The van der Waals surface area contributed by atoms with Gasteiger partial charge in [-0.15, -0.1) is 0 Å². The Hall–Kier alpha value is -1.44. The predicted molar refractivity (Wildman–Crippen MR) is 46.9 cm³/mol. The fourth-order valence-electron chi connectivity index (χ4n) is 2.48. The Morgan fingerprint density at radius 3 is 1.85 bits per heavy atom. The molecule has 0 saturated heterocycles. The number of carbonyl (C=O) groups is 2. The van der Waals surface area contributed by atoms with Crippen LogP contribution in [-0.2, 0) is 9.59 Å². The van der Waals surface area contributed by atoms with E-state index in [0.29, 0.717) is 6.42 Å². The fourth-order valence-corrected chi connectivity index (χ4v) is 2.48. The molecule has 0 amide bonds. The maximum atomic E-state index is 11.6. The smallest absolute Gasteiger partial charge is 0.167 e. The lowest BCUT2D eigenvalue weighted by Crippen LogP contribution is -2.30. The molecule has 0 heterocycles. The van der Waals surface area contributed by atoms with E-state index in [4.69, 9.17) is 0 Å². The molecule has 0 bridgehead atoms. The molecular formula is C11H8O2. The van der Waals surface area contributed by atoms with Crippen molar-refractivity contribution in [3.8, 4) is 0 Å². The second kappa shape index (κ2) is 1.74. The van der Waals surface area contributed by atoms with Crippen LogP contribution in [0, 0.1) is 10.8 Å². The highest BCUT2D eigenvalue weighted by atomic mass is 16.1. The number of ketones is 2. The summed E-state index contributed by atoms with van der Waals surface area (Å²) < 4.78 is 0. The van der Waals surface area contributed by atoms with Crippen molar-refractivity contribution in [3.63, 3.8) is 0 Å². The van der Waals surface area contributed by atoms with Crippen LogP contribution in [-0.4, -0.2) is 11.6 Å². The van der Waals surface area contributed by atoms with Gasteiger partial charge in [-0.2, -0.15) is 0 Å². The molecular weight excluding hydrogens is 164 g/mol. The Labute approximate surface area is 75.6 Å². The second-order valence-electron chi connectivity index (χ2n) is 3.90. The Kier molecular flexibility index (Phi) is 0.938. The molecule has 3 aliphatic carbocycles. The summed E-state index contributed by atoms with van der Waals surface area (Å²) in [5.74, 6) is 0.153. The largest absolute Gasteiger partial charge is 0.294 e. The molecule has 0 aromatic rings. The SMILES string of the molecule is O=C1C=CC(=O)C23C=CC=CC12C3. The van der Waals surface area contributed by atoms with Gasteiger partial charge in [0.25, 0.3) is 0 Å². The summed E-state index contributed by atoms with van der Waals surface area (Å²) in [6.45, 7) is 0. The van der Waals surface area contributed by atoms with E-state index in [-0.39, 0.29) is 11.6 Å². The third-order valence-electron chi connectivity index (χ3n) is 3.37. The number of rotatable bonds is 0. The maximum absolute atomic E-state index is 11.6. The van der Waals surface area contributed by atoms with Gasteiger partial charge in [0.05, 0.1) is 10.8 Å². The van der Waals surface area contributed by atoms with Crippen LogP contribution in [0.4, 0.5) is 0 Å². The van der Waals surface area contributed by atoms with Crippen LogP contribution in [0.3, 0.4) is 0 Å². The van der Waals surface area contributed by atoms with Crippen LogP contribution in [0.1, 0.15) is 6.42 Å². The molecule has 1 fully saturated rings. The molecule has 0 aliphatic heterocycles. The molecule has 3 rings (SSSR count). The Morgan fingerprint density at radius 2 is 1.38 bits per heavy atom. The quantitative estimate of drug-likeness (QED) is 0.550. The van der Waals surface area contributed by atoms with Crippen molar-refractivity contribution in [3.05, 3.63) is 36.5 Å². The summed E-state index contributed by atoms with van der Waals surface area (Å²) in [7, 11) is 0. The minimum atomic E-state index is -0.492. The van der Waals surface area contributed by atoms with Crippen molar-refractivity contribution in [1.82, 2.24) is 0 Å². The number of hydrogen-bond acceptors (Lipinski definition) is 2. The zero-order valence-electron chi connectivity index (χ0n) is 6.99. The highest BCUT2D eigenvalue weighted by Crippen LogP contribution is 2.69. The first-order valence-electron chi connectivity index (χ1n) is 4.35. The van der Waals surface area contributed by atoms with Gasteiger partial charge in [0.2, 0.25) is 0 Å². The third kappa shape index (κ3) is 0.548. The van der Waals surface area contributed by atoms with Crippen LogP contribution >= 0.6 is 0 Å². The molecule has 13 heavy (non-hydrogen) atoms. The minimum Gasteiger partial charge on any atom is -0.294 e. The van der Waals surface area contributed by atoms with Crippen LogP contribution in [0.25, 0.3) is 0 Å². The fraction of sp³-hybridized carbons (Fsp3) is 0.273. The van der Waals surface area contributed by atoms with Crippen LogP contribution in [0.15, 0.2) is 36.5 Å². The molecule has 3 aliphatic rings. The van der Waals surface area contributed by atoms with Gasteiger partial charge in [-0.1, -0.05) is 24.3 Å². The van der Waals surface area contributed by atoms with Crippen molar-refractivity contribution < 1.29 is 9.59 Å². The molecule has 2 nitrogen and oxygen atoms in total.